The van der Waals surface area contributed by atoms with Gasteiger partial charge in [-0.25, -0.2) is 22.4 Å². The molecule has 1 aliphatic rings. The minimum absolute atomic E-state index is 0.112. The van der Waals surface area contributed by atoms with Gasteiger partial charge in [0.05, 0.1) is 37.2 Å². The molecule has 4 heterocycles. The smallest absolute Gasteiger partial charge is 0.237 e. The maximum Gasteiger partial charge on any atom is 0.237 e. The lowest BCUT2D eigenvalue weighted by atomic mass is 10.1. The van der Waals surface area contributed by atoms with Gasteiger partial charge < -0.3 is 14.1 Å². The summed E-state index contributed by atoms with van der Waals surface area (Å²) in [5.74, 6) is 1.17. The second-order valence-electron chi connectivity index (χ2n) is 7.24. The summed E-state index contributed by atoms with van der Waals surface area (Å²) in [6.07, 6.45) is 4.32. The van der Waals surface area contributed by atoms with E-state index in [-0.39, 0.29) is 6.04 Å². The molecule has 1 aromatic carbocycles. The molecule has 29 heavy (non-hydrogen) atoms. The van der Waals surface area contributed by atoms with Gasteiger partial charge in [-0.15, -0.1) is 0 Å². The summed E-state index contributed by atoms with van der Waals surface area (Å²) in [6, 6.07) is 9.41. The van der Waals surface area contributed by atoms with Crippen LogP contribution in [-0.4, -0.2) is 54.4 Å². The second kappa shape index (κ2) is 6.57. The van der Waals surface area contributed by atoms with E-state index in [4.69, 9.17) is 14.1 Å². The lowest BCUT2D eigenvalue weighted by molar-refractivity contribution is 0.0987. The predicted octanol–water partition coefficient (Wildman–Crippen LogP) is 2.88. The first kappa shape index (κ1) is 18.1. The van der Waals surface area contributed by atoms with E-state index in [0.29, 0.717) is 42.4 Å². The number of furan rings is 1. The minimum atomic E-state index is -3.51. The van der Waals surface area contributed by atoms with Gasteiger partial charge in [0.2, 0.25) is 10.0 Å². The van der Waals surface area contributed by atoms with Crippen molar-refractivity contribution in [1.82, 2.24) is 13.9 Å². The molecular weight excluding hydrogens is 392 g/mol. The van der Waals surface area contributed by atoms with Crippen LogP contribution in [-0.2, 0) is 14.8 Å². The Morgan fingerprint density at radius 1 is 1.14 bits per heavy atom. The first-order chi connectivity index (χ1) is 13.9. The average Bonchev–Trinajstić information content (AvgIpc) is 3.34. The minimum Gasteiger partial charge on any atom is -0.464 e. The van der Waals surface area contributed by atoms with Crippen molar-refractivity contribution in [2.75, 3.05) is 30.9 Å². The van der Waals surface area contributed by atoms with Gasteiger partial charge in [-0.3, -0.25) is 0 Å². The summed E-state index contributed by atoms with van der Waals surface area (Å²) in [6.45, 7) is 3.92. The molecule has 0 aliphatic carbocycles. The average molecular weight is 412 g/mol. The quantitative estimate of drug-likeness (QED) is 0.511. The molecule has 4 aromatic rings. The first-order valence-electron chi connectivity index (χ1n) is 9.34. The van der Waals surface area contributed by atoms with Gasteiger partial charge in [0.1, 0.15) is 11.4 Å². The highest BCUT2D eigenvalue weighted by molar-refractivity contribution is 7.89. The van der Waals surface area contributed by atoms with Crippen molar-refractivity contribution in [3.8, 4) is 11.4 Å². The Labute approximate surface area is 167 Å². The van der Waals surface area contributed by atoms with Crippen molar-refractivity contribution in [3.63, 3.8) is 0 Å². The Kier molecular flexibility index (Phi) is 4.11. The highest BCUT2D eigenvalue weighted by atomic mass is 32.2. The topological polar surface area (TPSA) is 90.5 Å². The van der Waals surface area contributed by atoms with E-state index >= 15 is 0 Å². The third-order valence-electron chi connectivity index (χ3n) is 5.22. The number of rotatable bonds is 3. The van der Waals surface area contributed by atoms with E-state index in [1.165, 1.54) is 16.4 Å². The molecule has 0 saturated carbocycles. The number of benzene rings is 1. The molecule has 1 aliphatic heterocycles. The van der Waals surface area contributed by atoms with Crippen LogP contribution in [0.1, 0.15) is 6.92 Å². The van der Waals surface area contributed by atoms with Crippen LogP contribution in [0.3, 0.4) is 0 Å². The lowest BCUT2D eigenvalue weighted by Gasteiger charge is -2.34. The van der Waals surface area contributed by atoms with Gasteiger partial charge >= 0.3 is 0 Å². The largest absolute Gasteiger partial charge is 0.464 e. The van der Waals surface area contributed by atoms with Crippen molar-refractivity contribution >= 4 is 37.8 Å². The zero-order valence-electron chi connectivity index (χ0n) is 16.1. The van der Waals surface area contributed by atoms with Crippen molar-refractivity contribution in [2.45, 2.75) is 13.0 Å². The zero-order chi connectivity index (χ0) is 20.2. The van der Waals surface area contributed by atoms with Crippen LogP contribution in [0, 0.1) is 0 Å². The third-order valence-corrected chi connectivity index (χ3v) is 6.23. The second-order valence-corrected chi connectivity index (χ2v) is 9.10. The van der Waals surface area contributed by atoms with Crippen LogP contribution in [0.25, 0.3) is 33.4 Å². The highest BCUT2D eigenvalue weighted by Crippen LogP contribution is 2.33. The molecular formula is C20H20N4O4S. The number of fused-ring (bicyclic) bond motifs is 2. The Bertz CT molecular complexity index is 1330. The van der Waals surface area contributed by atoms with Crippen LogP contribution < -0.4 is 4.90 Å². The van der Waals surface area contributed by atoms with Gasteiger partial charge in [-0.05, 0) is 25.1 Å². The van der Waals surface area contributed by atoms with Gasteiger partial charge in [-0.1, -0.05) is 12.1 Å². The predicted molar refractivity (Wildman–Crippen MR) is 111 cm³/mol. The Morgan fingerprint density at radius 2 is 2.00 bits per heavy atom. The van der Waals surface area contributed by atoms with Crippen LogP contribution in [0.4, 0.5) is 5.82 Å². The van der Waals surface area contributed by atoms with Crippen LogP contribution >= 0.6 is 0 Å². The zero-order valence-corrected chi connectivity index (χ0v) is 16.9. The fourth-order valence-electron chi connectivity index (χ4n) is 3.81. The molecule has 0 N–H and O–H groups in total. The van der Waals surface area contributed by atoms with E-state index in [2.05, 4.69) is 16.8 Å². The molecule has 1 fully saturated rings. The third kappa shape index (κ3) is 2.97. The van der Waals surface area contributed by atoms with Gasteiger partial charge in [0.25, 0.3) is 0 Å². The van der Waals surface area contributed by atoms with Crippen molar-refractivity contribution in [1.29, 1.82) is 0 Å². The molecule has 0 radical (unpaired) electrons. The number of morpholine rings is 1. The van der Waals surface area contributed by atoms with Crippen LogP contribution in [0.5, 0.6) is 0 Å². The summed E-state index contributed by atoms with van der Waals surface area (Å²) in [5, 5.41) is 1.58. The maximum absolute atomic E-state index is 12.3. The van der Waals surface area contributed by atoms with Crippen molar-refractivity contribution in [2.24, 2.45) is 0 Å². The Balaban J connectivity index is 1.82. The van der Waals surface area contributed by atoms with Gasteiger partial charge in [0, 0.05) is 23.7 Å². The summed E-state index contributed by atoms with van der Waals surface area (Å²) in [5.41, 5.74) is 1.89. The van der Waals surface area contributed by atoms with E-state index in [1.807, 2.05) is 24.3 Å². The van der Waals surface area contributed by atoms with E-state index in [1.54, 1.807) is 12.3 Å². The number of anilines is 1. The van der Waals surface area contributed by atoms with E-state index in [9.17, 15) is 8.42 Å². The number of nitrogens with zero attached hydrogens (tertiary/aromatic N) is 4. The highest BCUT2D eigenvalue weighted by Gasteiger charge is 2.26. The number of hydrogen-bond acceptors (Lipinski definition) is 7. The summed E-state index contributed by atoms with van der Waals surface area (Å²) < 4.78 is 37.0. The summed E-state index contributed by atoms with van der Waals surface area (Å²) >= 11 is 0. The van der Waals surface area contributed by atoms with Crippen molar-refractivity contribution in [3.05, 3.63) is 42.8 Å². The maximum atomic E-state index is 12.3. The molecule has 1 atom stereocenters. The number of aromatic nitrogens is 3. The van der Waals surface area contributed by atoms with Gasteiger partial charge in [0.15, 0.2) is 11.5 Å². The molecule has 0 amide bonds. The van der Waals surface area contributed by atoms with E-state index in [0.717, 1.165) is 16.5 Å². The molecule has 9 heteroatoms. The number of ether oxygens (including phenoxy) is 1. The van der Waals surface area contributed by atoms with Gasteiger partial charge in [-0.2, -0.15) is 0 Å². The number of hydrogen-bond donors (Lipinski definition) is 0. The van der Waals surface area contributed by atoms with E-state index < -0.39 is 10.0 Å². The first-order valence-corrected chi connectivity index (χ1v) is 11.2. The van der Waals surface area contributed by atoms with Crippen LogP contribution in [0.15, 0.2) is 47.2 Å². The Morgan fingerprint density at radius 3 is 2.79 bits per heavy atom. The molecule has 150 valence electrons. The van der Waals surface area contributed by atoms with Crippen molar-refractivity contribution < 1.29 is 17.6 Å². The van der Waals surface area contributed by atoms with Crippen LogP contribution in [0.2, 0.25) is 0 Å². The fourth-order valence-corrected chi connectivity index (χ4v) is 4.55. The Hall–Kier alpha value is -2.91. The molecule has 5 rings (SSSR count). The SMILES string of the molecule is C[C@@H]1COCCN1c1nc(-c2cccc3occc23)nc2c1ccn2S(C)(=O)=O. The molecule has 1 saturated heterocycles. The standard InChI is InChI=1S/C20H20N4O4S/c1-13-12-27-11-9-23(13)19-16-6-8-24(29(2,25)26)20(16)22-18(21-19)15-4-3-5-17-14(15)7-10-28-17/h3-8,10,13H,9,11-12H2,1-2H3/t13-/m1/s1. The summed E-state index contributed by atoms with van der Waals surface area (Å²) in [7, 11) is -3.51. The molecule has 3 aromatic heterocycles. The molecule has 0 bridgehead atoms. The molecule has 0 spiro atoms. The molecule has 0 unspecified atom stereocenters. The fraction of sp³-hybridized carbons (Fsp3) is 0.300. The monoisotopic (exact) mass is 412 g/mol. The normalized spacial score (nSPS) is 18.0. The molecule has 8 nitrogen and oxygen atoms in total. The summed E-state index contributed by atoms with van der Waals surface area (Å²) in [4.78, 5) is 11.7. The lowest BCUT2D eigenvalue weighted by Crippen LogP contribution is -2.44.